The molecule has 4 rings (SSSR count). The van der Waals surface area contributed by atoms with Gasteiger partial charge in [-0.25, -0.2) is 0 Å². The minimum atomic E-state index is -0.550. The standard InChI is InChI=1S/C30H48O3/c1-18(2)10-9-11-19(3)20-12-15-29(7)26-21(31)16-23-27(4,5)24(33)13-14-28(23,6)25(26)22(32)17-30(20,29)8/h10,19-20,22-24,32-33H,9,11-17H2,1-8H3/t19-,20-,22+,23+,24+,28+,29+,30-/m1/s1. The van der Waals surface area contributed by atoms with E-state index in [-0.39, 0.29) is 39.5 Å². The number of ketones is 1. The first-order valence-electron chi connectivity index (χ1n) is 13.5. The lowest BCUT2D eigenvalue weighted by molar-refractivity contribution is -0.138. The molecule has 0 aromatic heterocycles. The minimum Gasteiger partial charge on any atom is -0.393 e. The van der Waals surface area contributed by atoms with Crippen LogP contribution in [-0.2, 0) is 4.79 Å². The van der Waals surface area contributed by atoms with E-state index in [9.17, 15) is 15.0 Å². The summed E-state index contributed by atoms with van der Waals surface area (Å²) in [5.41, 5.74) is 2.68. The molecule has 33 heavy (non-hydrogen) atoms. The third kappa shape index (κ3) is 3.46. The Bertz CT molecular complexity index is 877. The number of Topliss-reactive ketones (excluding diaryl/α,β-unsaturated/α-hetero) is 1. The highest BCUT2D eigenvalue weighted by atomic mass is 16.3. The number of carbonyl (C=O) groups is 1. The highest BCUT2D eigenvalue weighted by Gasteiger charge is 2.67. The predicted molar refractivity (Wildman–Crippen MR) is 135 cm³/mol. The summed E-state index contributed by atoms with van der Waals surface area (Å²) in [5.74, 6) is 1.44. The third-order valence-corrected chi connectivity index (χ3v) is 11.4. The van der Waals surface area contributed by atoms with Gasteiger partial charge in [-0.15, -0.1) is 0 Å². The summed E-state index contributed by atoms with van der Waals surface area (Å²) < 4.78 is 0. The number of fused-ring (bicyclic) bond motifs is 4. The van der Waals surface area contributed by atoms with Gasteiger partial charge in [0.05, 0.1) is 12.2 Å². The maximum Gasteiger partial charge on any atom is 0.159 e. The van der Waals surface area contributed by atoms with E-state index in [0.29, 0.717) is 18.3 Å². The Morgan fingerprint density at radius 1 is 1.09 bits per heavy atom. The van der Waals surface area contributed by atoms with Gasteiger partial charge in [-0.2, -0.15) is 0 Å². The molecule has 0 saturated heterocycles. The largest absolute Gasteiger partial charge is 0.393 e. The van der Waals surface area contributed by atoms with E-state index in [4.69, 9.17) is 0 Å². The van der Waals surface area contributed by atoms with Crippen LogP contribution in [0.2, 0.25) is 0 Å². The lowest BCUT2D eigenvalue weighted by Gasteiger charge is -2.62. The lowest BCUT2D eigenvalue weighted by Crippen LogP contribution is -2.59. The Hall–Kier alpha value is -0.930. The van der Waals surface area contributed by atoms with Crippen LogP contribution in [0.1, 0.15) is 107 Å². The molecule has 3 nitrogen and oxygen atoms in total. The summed E-state index contributed by atoms with van der Waals surface area (Å²) in [7, 11) is 0. The molecule has 0 aromatic rings. The SMILES string of the molecule is CC(C)=CCC[C@@H](C)[C@H]1CC[C@@]2(C)C3=C([C@@H](O)C[C@]12C)[C@@]1(C)CC[C@H](O)C(C)(C)[C@@H]1CC3=O. The Kier molecular flexibility index (Phi) is 6.14. The fourth-order valence-corrected chi connectivity index (χ4v) is 9.22. The monoisotopic (exact) mass is 456 g/mol. The zero-order chi connectivity index (χ0) is 24.6. The molecular weight excluding hydrogens is 408 g/mol. The molecule has 0 amide bonds. The molecule has 8 atom stereocenters. The maximum absolute atomic E-state index is 13.9. The Morgan fingerprint density at radius 3 is 2.39 bits per heavy atom. The van der Waals surface area contributed by atoms with Crippen LogP contribution in [0, 0.1) is 39.4 Å². The lowest BCUT2D eigenvalue weighted by atomic mass is 9.42. The predicted octanol–water partition coefficient (Wildman–Crippen LogP) is 6.63. The second-order valence-electron chi connectivity index (χ2n) is 13.7. The van der Waals surface area contributed by atoms with Gasteiger partial charge in [0.1, 0.15) is 0 Å². The van der Waals surface area contributed by atoms with Gasteiger partial charge in [-0.3, -0.25) is 4.79 Å². The summed E-state index contributed by atoms with van der Waals surface area (Å²) in [5, 5.41) is 22.5. The number of aliphatic hydroxyl groups is 2. The summed E-state index contributed by atoms with van der Waals surface area (Å²) in [6.45, 7) is 18.0. The smallest absolute Gasteiger partial charge is 0.159 e. The van der Waals surface area contributed by atoms with Gasteiger partial charge in [-0.05, 0) is 98.4 Å². The first kappa shape index (κ1) is 25.2. The van der Waals surface area contributed by atoms with E-state index < -0.39 is 6.10 Å². The average molecular weight is 457 g/mol. The Balaban J connectivity index is 1.75. The van der Waals surface area contributed by atoms with Crippen LogP contribution in [0.5, 0.6) is 0 Å². The van der Waals surface area contributed by atoms with E-state index in [1.165, 1.54) is 12.0 Å². The van der Waals surface area contributed by atoms with E-state index in [0.717, 1.165) is 49.7 Å². The number of rotatable bonds is 4. The first-order chi connectivity index (χ1) is 15.2. The highest BCUT2D eigenvalue weighted by Crippen LogP contribution is 2.71. The van der Waals surface area contributed by atoms with Crippen LogP contribution in [0.3, 0.4) is 0 Å². The normalized spacial score (nSPS) is 45.2. The number of hydrogen-bond donors (Lipinski definition) is 2. The average Bonchev–Trinajstić information content (AvgIpc) is 2.97. The number of hydrogen-bond acceptors (Lipinski definition) is 3. The second-order valence-corrected chi connectivity index (χ2v) is 13.7. The van der Waals surface area contributed by atoms with Crippen molar-refractivity contribution < 1.29 is 15.0 Å². The van der Waals surface area contributed by atoms with Gasteiger partial charge in [0.25, 0.3) is 0 Å². The molecule has 3 heteroatoms. The van der Waals surface area contributed by atoms with Crippen LogP contribution in [0.4, 0.5) is 0 Å². The van der Waals surface area contributed by atoms with Gasteiger partial charge >= 0.3 is 0 Å². The van der Waals surface area contributed by atoms with Crippen molar-refractivity contribution in [1.29, 1.82) is 0 Å². The van der Waals surface area contributed by atoms with Crippen molar-refractivity contribution in [3.8, 4) is 0 Å². The van der Waals surface area contributed by atoms with Crippen molar-refractivity contribution in [1.82, 2.24) is 0 Å². The molecule has 0 unspecified atom stereocenters. The summed E-state index contributed by atoms with van der Waals surface area (Å²) in [6, 6.07) is 0. The number of aliphatic hydroxyl groups excluding tert-OH is 2. The van der Waals surface area contributed by atoms with E-state index in [2.05, 4.69) is 61.5 Å². The molecular formula is C30H48O3. The van der Waals surface area contributed by atoms with Gasteiger partial charge in [-0.1, -0.05) is 53.2 Å². The zero-order valence-electron chi connectivity index (χ0n) is 22.4. The van der Waals surface area contributed by atoms with E-state index in [1.54, 1.807) is 0 Å². The van der Waals surface area contributed by atoms with Crippen molar-refractivity contribution >= 4 is 5.78 Å². The van der Waals surface area contributed by atoms with Gasteiger partial charge in [0.15, 0.2) is 5.78 Å². The molecule has 0 aliphatic heterocycles. The van der Waals surface area contributed by atoms with Crippen molar-refractivity contribution in [2.75, 3.05) is 0 Å². The molecule has 0 aromatic carbocycles. The summed E-state index contributed by atoms with van der Waals surface area (Å²) in [4.78, 5) is 13.9. The minimum absolute atomic E-state index is 0.0573. The van der Waals surface area contributed by atoms with Gasteiger partial charge in [0, 0.05) is 17.4 Å². The quantitative estimate of drug-likeness (QED) is 0.467. The van der Waals surface area contributed by atoms with Gasteiger partial charge in [0.2, 0.25) is 0 Å². The molecule has 0 spiro atoms. The van der Waals surface area contributed by atoms with Crippen molar-refractivity contribution in [2.24, 2.45) is 39.4 Å². The highest BCUT2D eigenvalue weighted by molar-refractivity contribution is 6.00. The molecule has 4 aliphatic carbocycles. The first-order valence-corrected chi connectivity index (χ1v) is 13.5. The van der Waals surface area contributed by atoms with Crippen LogP contribution in [-0.4, -0.2) is 28.2 Å². The summed E-state index contributed by atoms with van der Waals surface area (Å²) in [6.07, 6.45) is 8.76. The number of allylic oxidation sites excluding steroid dienone is 3. The topological polar surface area (TPSA) is 57.5 Å². The molecule has 0 heterocycles. The maximum atomic E-state index is 13.9. The summed E-state index contributed by atoms with van der Waals surface area (Å²) >= 11 is 0. The molecule has 4 aliphatic rings. The number of carbonyl (C=O) groups excluding carboxylic acids is 1. The van der Waals surface area contributed by atoms with Crippen molar-refractivity contribution in [3.63, 3.8) is 0 Å². The van der Waals surface area contributed by atoms with Gasteiger partial charge < -0.3 is 10.2 Å². The Labute approximate surface area is 202 Å². The zero-order valence-corrected chi connectivity index (χ0v) is 22.4. The fourth-order valence-electron chi connectivity index (χ4n) is 9.22. The van der Waals surface area contributed by atoms with Crippen molar-refractivity contribution in [3.05, 3.63) is 22.8 Å². The van der Waals surface area contributed by atoms with Crippen LogP contribution < -0.4 is 0 Å². The molecule has 2 saturated carbocycles. The van der Waals surface area contributed by atoms with Crippen LogP contribution >= 0.6 is 0 Å². The van der Waals surface area contributed by atoms with Crippen LogP contribution in [0.25, 0.3) is 0 Å². The fraction of sp³-hybridized carbons (Fsp3) is 0.833. The second kappa shape index (κ2) is 8.05. The Morgan fingerprint density at radius 2 is 1.76 bits per heavy atom. The molecule has 0 radical (unpaired) electrons. The molecule has 186 valence electrons. The van der Waals surface area contributed by atoms with Crippen molar-refractivity contribution in [2.45, 2.75) is 119 Å². The van der Waals surface area contributed by atoms with E-state index in [1.807, 2.05) is 0 Å². The third-order valence-electron chi connectivity index (χ3n) is 11.4. The van der Waals surface area contributed by atoms with E-state index >= 15 is 0 Å². The van der Waals surface area contributed by atoms with Crippen LogP contribution in [0.15, 0.2) is 22.8 Å². The molecule has 0 bridgehead atoms. The molecule has 2 N–H and O–H groups in total. The molecule has 2 fully saturated rings.